The van der Waals surface area contributed by atoms with Gasteiger partial charge in [-0.1, -0.05) is 42.8 Å². The molecule has 2 atom stereocenters. The number of oxime groups is 1. The summed E-state index contributed by atoms with van der Waals surface area (Å²) in [6.45, 7) is 6.76. The van der Waals surface area contributed by atoms with E-state index in [-0.39, 0.29) is 24.6 Å². The minimum absolute atomic E-state index is 0.00729. The van der Waals surface area contributed by atoms with Crippen molar-refractivity contribution >= 4 is 39.5 Å². The highest BCUT2D eigenvalue weighted by atomic mass is 32.2. The maximum absolute atomic E-state index is 12.5. The van der Waals surface area contributed by atoms with Crippen LogP contribution in [0.2, 0.25) is 0 Å². The van der Waals surface area contributed by atoms with Gasteiger partial charge in [-0.15, -0.1) is 0 Å². The molecule has 1 heterocycles. The van der Waals surface area contributed by atoms with E-state index in [1.165, 1.54) is 0 Å². The lowest BCUT2D eigenvalue weighted by Gasteiger charge is -2.17. The molecule has 0 saturated carbocycles. The molecule has 0 saturated heterocycles. The molecule has 216 valence electrons. The summed E-state index contributed by atoms with van der Waals surface area (Å²) in [6, 6.07) is 5.58. The first-order valence-corrected chi connectivity index (χ1v) is 14.1. The molecule has 2 rings (SSSR count). The third-order valence-corrected chi connectivity index (χ3v) is 6.81. The molecule has 14 heteroatoms. The third kappa shape index (κ3) is 11.0. The number of carbonyl (C=O) groups excluding carboxylic acids is 3. The highest BCUT2D eigenvalue weighted by Crippen LogP contribution is 2.19. The van der Waals surface area contributed by atoms with Gasteiger partial charge in [-0.3, -0.25) is 9.59 Å². The van der Waals surface area contributed by atoms with Gasteiger partial charge in [0.1, 0.15) is 23.6 Å². The molecule has 1 aliphatic heterocycles. The smallest absolute Gasteiger partial charge is 0.436 e. The second-order valence-corrected chi connectivity index (χ2v) is 11.8. The largest absolute Gasteiger partial charge is 0.468 e. The number of benzene rings is 1. The summed E-state index contributed by atoms with van der Waals surface area (Å²) in [5.74, 6) is -1.38. The number of ether oxygens (including phenoxy) is 2. The Morgan fingerprint density at radius 2 is 1.90 bits per heavy atom. The fourth-order valence-corrected chi connectivity index (χ4v) is 4.81. The number of esters is 1. The van der Waals surface area contributed by atoms with Crippen molar-refractivity contribution in [2.75, 3.05) is 19.4 Å². The molecule has 1 unspecified atom stereocenters. The van der Waals surface area contributed by atoms with Crippen LogP contribution in [-0.4, -0.2) is 75.1 Å². The molecule has 1 aromatic carbocycles. The Kier molecular flexibility index (Phi) is 11.4. The lowest BCUT2D eigenvalue weighted by molar-refractivity contribution is -0.142. The van der Waals surface area contributed by atoms with Gasteiger partial charge in [0.05, 0.1) is 25.0 Å². The number of hydrogen-bond donors (Lipinski definition) is 3. The molecule has 13 nitrogen and oxygen atoms in total. The van der Waals surface area contributed by atoms with Crippen molar-refractivity contribution in [2.45, 2.75) is 71.1 Å². The quantitative estimate of drug-likeness (QED) is 0.191. The van der Waals surface area contributed by atoms with E-state index in [0.717, 1.165) is 12.7 Å². The van der Waals surface area contributed by atoms with Crippen LogP contribution in [0.3, 0.4) is 0 Å². The summed E-state index contributed by atoms with van der Waals surface area (Å²) < 4.78 is 36.4. The first kappa shape index (κ1) is 31.7. The number of methoxy groups -OCH3 is 1. The van der Waals surface area contributed by atoms with E-state index in [1.807, 2.05) is 6.92 Å². The zero-order valence-electron chi connectivity index (χ0n) is 22.9. The van der Waals surface area contributed by atoms with E-state index in [4.69, 9.17) is 15.3 Å². The first-order valence-electron chi connectivity index (χ1n) is 12.5. The average molecular weight is 568 g/mol. The Morgan fingerprint density at radius 1 is 1.23 bits per heavy atom. The van der Waals surface area contributed by atoms with Crippen molar-refractivity contribution < 1.29 is 37.1 Å². The second-order valence-electron chi connectivity index (χ2n) is 9.90. The van der Waals surface area contributed by atoms with Crippen molar-refractivity contribution in [1.29, 1.82) is 0 Å². The number of amides is 2. The zero-order valence-corrected chi connectivity index (χ0v) is 23.7. The SMILES string of the molecule is CCCCS(=O)(=O)N[C@@H](CNC(=O)CC1CC(c2ccc(/C(N)=N/C(=O)OC(C)(C)C)cc2)=NO1)C(=O)OC. The monoisotopic (exact) mass is 567 g/mol. The number of aliphatic imine (C=N–C) groups is 1. The van der Waals surface area contributed by atoms with Crippen LogP contribution >= 0.6 is 0 Å². The fraction of sp³-hybridized carbons (Fsp3) is 0.560. The minimum Gasteiger partial charge on any atom is -0.468 e. The number of hydrogen-bond acceptors (Lipinski definition) is 9. The molecular weight excluding hydrogens is 530 g/mol. The number of nitrogens with two attached hydrogens (primary N) is 1. The number of sulfonamides is 1. The second kappa shape index (κ2) is 14.0. The van der Waals surface area contributed by atoms with Crippen LogP contribution < -0.4 is 15.8 Å². The lowest BCUT2D eigenvalue weighted by Crippen LogP contribution is -2.49. The maximum atomic E-state index is 12.5. The van der Waals surface area contributed by atoms with E-state index in [0.29, 0.717) is 30.5 Å². The van der Waals surface area contributed by atoms with E-state index in [9.17, 15) is 22.8 Å². The predicted octanol–water partition coefficient (Wildman–Crippen LogP) is 1.59. The fourth-order valence-electron chi connectivity index (χ4n) is 3.41. The third-order valence-electron chi connectivity index (χ3n) is 5.34. The zero-order chi connectivity index (χ0) is 29.2. The first-order chi connectivity index (χ1) is 18.2. The van der Waals surface area contributed by atoms with Gasteiger partial charge in [-0.25, -0.2) is 13.2 Å². The van der Waals surface area contributed by atoms with Crippen molar-refractivity contribution in [3.05, 3.63) is 35.4 Å². The van der Waals surface area contributed by atoms with Gasteiger partial charge in [-0.05, 0) is 32.8 Å². The molecule has 0 fully saturated rings. The normalized spacial score (nSPS) is 16.6. The van der Waals surface area contributed by atoms with Gasteiger partial charge in [0, 0.05) is 18.5 Å². The van der Waals surface area contributed by atoms with Crippen LogP contribution in [-0.2, 0) is 33.9 Å². The molecule has 39 heavy (non-hydrogen) atoms. The topological polar surface area (TPSA) is 188 Å². The van der Waals surface area contributed by atoms with E-state index in [2.05, 4.69) is 24.9 Å². The number of amidine groups is 1. The van der Waals surface area contributed by atoms with Crippen LogP contribution in [0.15, 0.2) is 34.4 Å². The van der Waals surface area contributed by atoms with Gasteiger partial charge in [-0.2, -0.15) is 9.71 Å². The molecule has 0 spiro atoms. The molecule has 0 bridgehead atoms. The summed E-state index contributed by atoms with van der Waals surface area (Å²) >= 11 is 0. The molecule has 4 N–H and O–H groups in total. The van der Waals surface area contributed by atoms with Gasteiger partial charge in [0.15, 0.2) is 0 Å². The summed E-state index contributed by atoms with van der Waals surface area (Å²) in [5.41, 5.74) is 7.09. The Morgan fingerprint density at radius 3 is 2.49 bits per heavy atom. The summed E-state index contributed by atoms with van der Waals surface area (Å²) in [6.07, 6.45) is 0.0659. The predicted molar refractivity (Wildman–Crippen MR) is 145 cm³/mol. The molecule has 1 aliphatic rings. The highest BCUT2D eigenvalue weighted by Gasteiger charge is 2.28. The number of carbonyl (C=O) groups is 3. The maximum Gasteiger partial charge on any atom is 0.436 e. The molecular formula is C25H37N5O8S. The van der Waals surface area contributed by atoms with Crippen molar-refractivity contribution in [3.63, 3.8) is 0 Å². The van der Waals surface area contributed by atoms with E-state index < -0.39 is 45.7 Å². The Balaban J connectivity index is 1.89. The molecule has 0 aliphatic carbocycles. The number of unbranched alkanes of at least 4 members (excludes halogenated alkanes) is 1. The van der Waals surface area contributed by atoms with Crippen LogP contribution in [0.1, 0.15) is 64.5 Å². The molecule has 2 amide bonds. The van der Waals surface area contributed by atoms with Crippen molar-refractivity contribution in [3.8, 4) is 0 Å². The minimum atomic E-state index is -3.71. The molecule has 0 radical (unpaired) electrons. The van der Waals surface area contributed by atoms with Crippen molar-refractivity contribution in [2.24, 2.45) is 15.9 Å². The Hall–Kier alpha value is -3.52. The molecule has 0 aromatic heterocycles. The van der Waals surface area contributed by atoms with Crippen LogP contribution in [0.5, 0.6) is 0 Å². The molecule has 1 aromatic rings. The number of nitrogens with one attached hydrogen (secondary N) is 2. The summed E-state index contributed by atoms with van der Waals surface area (Å²) in [4.78, 5) is 45.5. The summed E-state index contributed by atoms with van der Waals surface area (Å²) in [5, 5.41) is 6.60. The van der Waals surface area contributed by atoms with E-state index in [1.54, 1.807) is 45.0 Å². The van der Waals surface area contributed by atoms with Gasteiger partial charge >= 0.3 is 12.1 Å². The van der Waals surface area contributed by atoms with Crippen LogP contribution in [0, 0.1) is 0 Å². The van der Waals surface area contributed by atoms with Gasteiger partial charge in [0.25, 0.3) is 0 Å². The lowest BCUT2D eigenvalue weighted by atomic mass is 10.0. The Bertz CT molecular complexity index is 1190. The summed E-state index contributed by atoms with van der Waals surface area (Å²) in [7, 11) is -2.58. The van der Waals surface area contributed by atoms with E-state index >= 15 is 0 Å². The van der Waals surface area contributed by atoms with Crippen LogP contribution in [0.4, 0.5) is 4.79 Å². The van der Waals surface area contributed by atoms with Crippen molar-refractivity contribution in [1.82, 2.24) is 10.0 Å². The standard InChI is InChI=1S/C25H37N5O8S/c1-6-7-12-39(34,35)30-20(23(32)36-5)15-27-21(31)14-18-13-19(29-38-18)16-8-10-17(11-9-16)22(26)28-24(33)37-25(2,3)4/h8-11,18,20,30H,6-7,12-15H2,1-5H3,(H,27,31)(H2,26,28,33)/t18?,20-/m0/s1. The van der Waals surface area contributed by atoms with Gasteiger partial charge in [0.2, 0.25) is 15.9 Å². The number of rotatable bonds is 12. The van der Waals surface area contributed by atoms with Gasteiger partial charge < -0.3 is 25.4 Å². The highest BCUT2D eigenvalue weighted by molar-refractivity contribution is 7.89. The number of nitrogens with zero attached hydrogens (tertiary/aromatic N) is 2. The Labute approximate surface area is 228 Å². The average Bonchev–Trinajstić information content (AvgIpc) is 3.32. The van der Waals surface area contributed by atoms with Crippen LogP contribution in [0.25, 0.3) is 0 Å².